The number of aromatic nitrogens is 1. The summed E-state index contributed by atoms with van der Waals surface area (Å²) >= 11 is 0. The average molecular weight is 334 g/mol. The second kappa shape index (κ2) is 7.32. The lowest BCUT2D eigenvalue weighted by Crippen LogP contribution is -2.28. The molecule has 2 aromatic carbocycles. The minimum Gasteiger partial charge on any atom is -0.452 e. The minimum absolute atomic E-state index is 0.0868. The SMILES string of the molecule is C#CCNC(=O)COC(=O)c1ccc2noc(-c3ccccc3)c2c1. The van der Waals surface area contributed by atoms with E-state index in [9.17, 15) is 9.59 Å². The molecule has 124 valence electrons. The van der Waals surface area contributed by atoms with Crippen LogP contribution < -0.4 is 5.32 Å². The van der Waals surface area contributed by atoms with Gasteiger partial charge in [0.25, 0.3) is 5.91 Å². The van der Waals surface area contributed by atoms with Crippen LogP contribution >= 0.6 is 0 Å². The van der Waals surface area contributed by atoms with Crippen molar-refractivity contribution in [2.24, 2.45) is 0 Å². The van der Waals surface area contributed by atoms with Gasteiger partial charge in [0.05, 0.1) is 17.5 Å². The van der Waals surface area contributed by atoms with Crippen molar-refractivity contribution >= 4 is 22.8 Å². The quantitative estimate of drug-likeness (QED) is 0.572. The zero-order chi connectivity index (χ0) is 17.6. The molecule has 0 saturated heterocycles. The van der Waals surface area contributed by atoms with Crippen LogP contribution in [-0.4, -0.2) is 30.2 Å². The molecular weight excluding hydrogens is 320 g/mol. The van der Waals surface area contributed by atoms with Crippen LogP contribution in [0.15, 0.2) is 53.1 Å². The molecule has 0 saturated carbocycles. The number of fused-ring (bicyclic) bond motifs is 1. The van der Waals surface area contributed by atoms with E-state index in [0.29, 0.717) is 22.2 Å². The zero-order valence-electron chi connectivity index (χ0n) is 13.2. The van der Waals surface area contributed by atoms with Crippen LogP contribution in [0.3, 0.4) is 0 Å². The van der Waals surface area contributed by atoms with Crippen molar-refractivity contribution in [2.75, 3.05) is 13.2 Å². The second-order valence-electron chi connectivity index (χ2n) is 5.17. The highest BCUT2D eigenvalue weighted by Crippen LogP contribution is 2.29. The van der Waals surface area contributed by atoms with Crippen molar-refractivity contribution in [3.05, 3.63) is 54.1 Å². The van der Waals surface area contributed by atoms with E-state index in [2.05, 4.69) is 16.4 Å². The van der Waals surface area contributed by atoms with Crippen molar-refractivity contribution in [3.8, 4) is 23.7 Å². The molecule has 3 rings (SSSR count). The van der Waals surface area contributed by atoms with Crippen molar-refractivity contribution in [2.45, 2.75) is 0 Å². The third kappa shape index (κ3) is 3.67. The van der Waals surface area contributed by atoms with Gasteiger partial charge in [-0.15, -0.1) is 6.42 Å². The van der Waals surface area contributed by atoms with E-state index in [0.717, 1.165) is 5.56 Å². The maximum atomic E-state index is 12.1. The number of nitrogens with zero attached hydrogens (tertiary/aromatic N) is 1. The number of carbonyl (C=O) groups excluding carboxylic acids is 2. The number of ether oxygens (including phenoxy) is 1. The lowest BCUT2D eigenvalue weighted by molar-refractivity contribution is -0.123. The molecule has 1 aromatic heterocycles. The van der Waals surface area contributed by atoms with E-state index in [4.69, 9.17) is 15.7 Å². The number of amides is 1. The van der Waals surface area contributed by atoms with Gasteiger partial charge in [-0.25, -0.2) is 4.79 Å². The Morgan fingerprint density at radius 1 is 1.20 bits per heavy atom. The Morgan fingerprint density at radius 3 is 2.76 bits per heavy atom. The highest BCUT2D eigenvalue weighted by atomic mass is 16.5. The van der Waals surface area contributed by atoms with E-state index >= 15 is 0 Å². The fourth-order valence-electron chi connectivity index (χ4n) is 2.28. The largest absolute Gasteiger partial charge is 0.452 e. The fraction of sp³-hybridized carbons (Fsp3) is 0.105. The average Bonchev–Trinajstić information content (AvgIpc) is 3.08. The van der Waals surface area contributed by atoms with Crippen LogP contribution in [0.1, 0.15) is 10.4 Å². The van der Waals surface area contributed by atoms with Crippen molar-refractivity contribution < 1.29 is 18.8 Å². The van der Waals surface area contributed by atoms with Gasteiger partial charge in [0, 0.05) is 5.56 Å². The van der Waals surface area contributed by atoms with E-state index in [1.54, 1.807) is 18.2 Å². The Labute approximate surface area is 143 Å². The van der Waals surface area contributed by atoms with Crippen LogP contribution in [0.2, 0.25) is 0 Å². The van der Waals surface area contributed by atoms with E-state index in [1.807, 2.05) is 30.3 Å². The monoisotopic (exact) mass is 334 g/mol. The van der Waals surface area contributed by atoms with Crippen LogP contribution in [0.5, 0.6) is 0 Å². The molecule has 0 fully saturated rings. The molecule has 25 heavy (non-hydrogen) atoms. The number of benzene rings is 2. The third-order valence-electron chi connectivity index (χ3n) is 3.47. The van der Waals surface area contributed by atoms with Crippen LogP contribution in [-0.2, 0) is 9.53 Å². The van der Waals surface area contributed by atoms with Gasteiger partial charge in [-0.3, -0.25) is 4.79 Å². The summed E-state index contributed by atoms with van der Waals surface area (Å²) in [5.41, 5.74) is 1.78. The molecule has 0 bridgehead atoms. The van der Waals surface area contributed by atoms with E-state index < -0.39 is 18.5 Å². The molecule has 0 aliphatic rings. The van der Waals surface area contributed by atoms with Gasteiger partial charge in [-0.1, -0.05) is 41.4 Å². The molecule has 0 spiro atoms. The first-order valence-corrected chi connectivity index (χ1v) is 7.51. The standard InChI is InChI=1S/C19H14N2O4/c1-2-10-20-17(22)12-24-19(23)14-8-9-16-15(11-14)18(25-21-16)13-6-4-3-5-7-13/h1,3-9,11H,10,12H2,(H,20,22). The number of hydrogen-bond acceptors (Lipinski definition) is 5. The Bertz CT molecular complexity index is 954. The molecule has 0 unspecified atom stereocenters. The topological polar surface area (TPSA) is 81.4 Å². The van der Waals surface area contributed by atoms with Crippen molar-refractivity contribution in [3.63, 3.8) is 0 Å². The number of terminal acetylenes is 1. The summed E-state index contributed by atoms with van der Waals surface area (Å²) < 4.78 is 10.4. The molecule has 0 radical (unpaired) electrons. The zero-order valence-corrected chi connectivity index (χ0v) is 13.2. The third-order valence-corrected chi connectivity index (χ3v) is 3.47. The maximum absolute atomic E-state index is 12.1. The molecule has 3 aromatic rings. The summed E-state index contributed by atoms with van der Waals surface area (Å²) in [5, 5.41) is 7.10. The smallest absolute Gasteiger partial charge is 0.338 e. The van der Waals surface area contributed by atoms with E-state index in [1.165, 1.54) is 0 Å². The fourth-order valence-corrected chi connectivity index (χ4v) is 2.28. The highest BCUT2D eigenvalue weighted by Gasteiger charge is 2.15. The molecule has 1 N–H and O–H groups in total. The summed E-state index contributed by atoms with van der Waals surface area (Å²) in [6, 6.07) is 14.3. The number of carbonyl (C=O) groups is 2. The first-order chi connectivity index (χ1) is 12.2. The van der Waals surface area contributed by atoms with Gasteiger partial charge in [0.15, 0.2) is 12.4 Å². The lowest BCUT2D eigenvalue weighted by Gasteiger charge is -2.05. The molecule has 0 aliphatic heterocycles. The summed E-state index contributed by atoms with van der Waals surface area (Å²) in [4.78, 5) is 23.6. The minimum atomic E-state index is -0.613. The predicted octanol–water partition coefficient (Wildman–Crippen LogP) is 2.40. The highest BCUT2D eigenvalue weighted by molar-refractivity contribution is 5.99. The Morgan fingerprint density at radius 2 is 2.00 bits per heavy atom. The summed E-state index contributed by atoms with van der Waals surface area (Å²) in [6.07, 6.45) is 5.04. The first kappa shape index (κ1) is 16.3. The summed E-state index contributed by atoms with van der Waals surface area (Å²) in [5.74, 6) is 1.76. The second-order valence-corrected chi connectivity index (χ2v) is 5.17. The van der Waals surface area contributed by atoms with Crippen molar-refractivity contribution in [1.29, 1.82) is 0 Å². The molecule has 0 atom stereocenters. The molecule has 1 heterocycles. The Kier molecular flexibility index (Phi) is 4.77. The number of rotatable bonds is 5. The van der Waals surface area contributed by atoms with Crippen molar-refractivity contribution in [1.82, 2.24) is 10.5 Å². The van der Waals surface area contributed by atoms with Gasteiger partial charge in [0.2, 0.25) is 0 Å². The maximum Gasteiger partial charge on any atom is 0.338 e. The summed E-state index contributed by atoms with van der Waals surface area (Å²) in [6.45, 7) is -0.308. The van der Waals surface area contributed by atoms with Gasteiger partial charge >= 0.3 is 5.97 Å². The predicted molar refractivity (Wildman–Crippen MR) is 91.6 cm³/mol. The molecule has 6 heteroatoms. The van der Waals surface area contributed by atoms with Crippen LogP contribution in [0.25, 0.3) is 22.2 Å². The van der Waals surface area contributed by atoms with Gasteiger partial charge in [0.1, 0.15) is 5.52 Å². The van der Waals surface area contributed by atoms with Gasteiger partial charge < -0.3 is 14.6 Å². The molecule has 1 amide bonds. The molecular formula is C19H14N2O4. The normalized spacial score (nSPS) is 10.2. The summed E-state index contributed by atoms with van der Waals surface area (Å²) in [7, 11) is 0. The first-order valence-electron chi connectivity index (χ1n) is 7.51. The number of nitrogens with one attached hydrogen (secondary N) is 1. The van der Waals surface area contributed by atoms with Gasteiger partial charge in [-0.2, -0.15) is 0 Å². The molecule has 0 aliphatic carbocycles. The van der Waals surface area contributed by atoms with Crippen LogP contribution in [0, 0.1) is 12.3 Å². The van der Waals surface area contributed by atoms with Gasteiger partial charge in [-0.05, 0) is 18.2 Å². The Balaban J connectivity index is 1.80. The molecule has 6 nitrogen and oxygen atoms in total. The lowest BCUT2D eigenvalue weighted by atomic mass is 10.1. The van der Waals surface area contributed by atoms with E-state index in [-0.39, 0.29) is 6.54 Å². The number of hydrogen-bond donors (Lipinski definition) is 1. The van der Waals surface area contributed by atoms with Crippen LogP contribution in [0.4, 0.5) is 0 Å². The Hall–Kier alpha value is -3.59. The number of esters is 1.